The topological polar surface area (TPSA) is 55.4 Å². The molecule has 4 nitrogen and oxygen atoms in total. The molecule has 0 aliphatic carbocycles. The lowest BCUT2D eigenvalue weighted by Crippen LogP contribution is -2.49. The van der Waals surface area contributed by atoms with E-state index in [2.05, 4.69) is 5.32 Å². The summed E-state index contributed by atoms with van der Waals surface area (Å²) < 4.78 is 5.22. The van der Waals surface area contributed by atoms with Gasteiger partial charge in [-0.05, 0) is 34.1 Å². The second kappa shape index (κ2) is 3.26. The van der Waals surface area contributed by atoms with E-state index in [0.29, 0.717) is 12.8 Å². The maximum Gasteiger partial charge on any atom is 0.332 e. The molecule has 0 spiro atoms. The molecular weight excluding hydrogens is 182 g/mol. The molecule has 1 fully saturated rings. The Hall–Kier alpha value is -1.06. The smallest absolute Gasteiger partial charge is 0.332 e. The van der Waals surface area contributed by atoms with Gasteiger partial charge in [0, 0.05) is 6.42 Å². The third-order valence-electron chi connectivity index (χ3n) is 2.12. The number of nitrogens with one attached hydrogen (secondary N) is 1. The van der Waals surface area contributed by atoms with Crippen molar-refractivity contribution in [3.05, 3.63) is 0 Å². The zero-order valence-electron chi connectivity index (χ0n) is 9.14. The molecule has 1 aliphatic rings. The Morgan fingerprint density at radius 2 is 2.07 bits per heavy atom. The Bertz CT molecular complexity index is 267. The first-order valence-electron chi connectivity index (χ1n) is 4.77. The van der Waals surface area contributed by atoms with E-state index in [1.807, 2.05) is 20.8 Å². The molecule has 14 heavy (non-hydrogen) atoms. The second-order valence-corrected chi connectivity index (χ2v) is 4.88. The lowest BCUT2D eigenvalue weighted by atomic mass is 10.0. The van der Waals surface area contributed by atoms with Gasteiger partial charge in [0.2, 0.25) is 5.91 Å². The third-order valence-corrected chi connectivity index (χ3v) is 2.12. The van der Waals surface area contributed by atoms with Gasteiger partial charge in [-0.15, -0.1) is 0 Å². The van der Waals surface area contributed by atoms with Crippen LogP contribution in [0.1, 0.15) is 40.5 Å². The van der Waals surface area contributed by atoms with Crippen LogP contribution in [0.25, 0.3) is 0 Å². The van der Waals surface area contributed by atoms with E-state index in [0.717, 1.165) is 0 Å². The van der Waals surface area contributed by atoms with Crippen LogP contribution in [0, 0.1) is 0 Å². The molecule has 1 atom stereocenters. The number of ether oxygens (including phenoxy) is 1. The number of esters is 1. The van der Waals surface area contributed by atoms with Crippen LogP contribution in [0.5, 0.6) is 0 Å². The summed E-state index contributed by atoms with van der Waals surface area (Å²) in [4.78, 5) is 22.7. The largest absolute Gasteiger partial charge is 0.458 e. The number of hydrogen-bond acceptors (Lipinski definition) is 3. The molecule has 1 N–H and O–H groups in total. The maximum absolute atomic E-state index is 11.7. The molecule has 4 heteroatoms. The first kappa shape index (κ1) is 11.0. The highest BCUT2D eigenvalue weighted by Crippen LogP contribution is 2.23. The minimum atomic E-state index is -0.829. The molecule has 0 unspecified atom stereocenters. The van der Waals surface area contributed by atoms with Crippen LogP contribution < -0.4 is 5.32 Å². The van der Waals surface area contributed by atoms with Crippen LogP contribution in [0.4, 0.5) is 0 Å². The number of rotatable bonds is 1. The van der Waals surface area contributed by atoms with Gasteiger partial charge in [-0.25, -0.2) is 4.79 Å². The molecule has 0 bridgehead atoms. The van der Waals surface area contributed by atoms with Crippen LogP contribution in [-0.4, -0.2) is 23.0 Å². The van der Waals surface area contributed by atoms with Gasteiger partial charge in [0.1, 0.15) is 11.1 Å². The lowest BCUT2D eigenvalue weighted by molar-refractivity contribution is -0.162. The Kier molecular flexibility index (Phi) is 2.56. The molecule has 1 heterocycles. The van der Waals surface area contributed by atoms with E-state index in [9.17, 15) is 9.59 Å². The van der Waals surface area contributed by atoms with Crippen molar-refractivity contribution in [1.82, 2.24) is 5.32 Å². The van der Waals surface area contributed by atoms with Crippen molar-refractivity contribution in [2.45, 2.75) is 51.7 Å². The first-order chi connectivity index (χ1) is 6.23. The van der Waals surface area contributed by atoms with Gasteiger partial charge in [-0.3, -0.25) is 4.79 Å². The molecule has 0 aromatic heterocycles. The van der Waals surface area contributed by atoms with Crippen molar-refractivity contribution >= 4 is 11.9 Å². The minimum Gasteiger partial charge on any atom is -0.458 e. The predicted octanol–water partition coefficient (Wildman–Crippen LogP) is 0.997. The third kappa shape index (κ3) is 2.47. The van der Waals surface area contributed by atoms with Gasteiger partial charge >= 0.3 is 5.97 Å². The quantitative estimate of drug-likeness (QED) is 0.641. The molecule has 0 radical (unpaired) electrons. The van der Waals surface area contributed by atoms with Crippen molar-refractivity contribution in [3.63, 3.8) is 0 Å². The van der Waals surface area contributed by atoms with Crippen LogP contribution in [0.3, 0.4) is 0 Å². The van der Waals surface area contributed by atoms with Gasteiger partial charge < -0.3 is 10.1 Å². The van der Waals surface area contributed by atoms with Crippen molar-refractivity contribution < 1.29 is 14.3 Å². The Balaban J connectivity index is 2.65. The molecule has 1 rings (SSSR count). The van der Waals surface area contributed by atoms with Gasteiger partial charge in [-0.1, -0.05) is 0 Å². The number of carbonyl (C=O) groups excluding carboxylic acids is 2. The molecule has 0 saturated carbocycles. The fraction of sp³-hybridized carbons (Fsp3) is 0.800. The minimum absolute atomic E-state index is 0.0849. The molecule has 80 valence electrons. The number of amides is 1. The highest BCUT2D eigenvalue weighted by atomic mass is 16.6. The monoisotopic (exact) mass is 199 g/mol. The molecule has 0 aromatic carbocycles. The average Bonchev–Trinajstić information content (AvgIpc) is 2.29. The summed E-state index contributed by atoms with van der Waals surface area (Å²) in [6.07, 6.45) is 0.913. The van der Waals surface area contributed by atoms with Gasteiger partial charge in [0.05, 0.1) is 0 Å². The molecule has 0 aromatic rings. The number of carbonyl (C=O) groups is 2. The van der Waals surface area contributed by atoms with E-state index >= 15 is 0 Å². The molecule has 1 amide bonds. The van der Waals surface area contributed by atoms with E-state index in [4.69, 9.17) is 4.74 Å². The van der Waals surface area contributed by atoms with Crippen LogP contribution in [0.15, 0.2) is 0 Å². The normalized spacial score (nSPS) is 27.3. The predicted molar refractivity (Wildman–Crippen MR) is 51.6 cm³/mol. The van der Waals surface area contributed by atoms with Gasteiger partial charge in [0.25, 0.3) is 0 Å². The highest BCUT2D eigenvalue weighted by Gasteiger charge is 2.42. The maximum atomic E-state index is 11.7. The molecule has 1 saturated heterocycles. The summed E-state index contributed by atoms with van der Waals surface area (Å²) in [5.41, 5.74) is -1.34. The standard InChI is InChI=1S/C10H17NO3/c1-9(2,3)14-8(13)10(4)6-5-7(12)11-10/h5-6H2,1-4H3,(H,11,12)/t10-/m1/s1. The summed E-state index contributed by atoms with van der Waals surface area (Å²) in [6, 6.07) is 0. The van der Waals surface area contributed by atoms with Crippen molar-refractivity contribution in [1.29, 1.82) is 0 Å². The second-order valence-electron chi connectivity index (χ2n) is 4.88. The number of hydrogen-bond donors (Lipinski definition) is 1. The average molecular weight is 199 g/mol. The summed E-state index contributed by atoms with van der Waals surface area (Å²) in [6.45, 7) is 7.13. The Labute approximate surface area is 84.0 Å². The van der Waals surface area contributed by atoms with Gasteiger partial charge in [0.15, 0.2) is 0 Å². The summed E-state index contributed by atoms with van der Waals surface area (Å²) in [5.74, 6) is -0.436. The van der Waals surface area contributed by atoms with Crippen LogP contribution >= 0.6 is 0 Å². The lowest BCUT2D eigenvalue weighted by Gasteiger charge is -2.27. The van der Waals surface area contributed by atoms with Crippen molar-refractivity contribution in [2.24, 2.45) is 0 Å². The zero-order valence-corrected chi connectivity index (χ0v) is 9.14. The molecular formula is C10H17NO3. The van der Waals surface area contributed by atoms with Crippen LogP contribution in [0.2, 0.25) is 0 Å². The highest BCUT2D eigenvalue weighted by molar-refractivity contribution is 5.91. The summed E-state index contributed by atoms with van der Waals surface area (Å²) in [7, 11) is 0. The SMILES string of the molecule is CC(C)(C)OC(=O)[C@@]1(C)CCC(=O)N1. The van der Waals surface area contributed by atoms with Crippen molar-refractivity contribution in [3.8, 4) is 0 Å². The van der Waals surface area contributed by atoms with Crippen molar-refractivity contribution in [2.75, 3.05) is 0 Å². The van der Waals surface area contributed by atoms with Gasteiger partial charge in [-0.2, -0.15) is 0 Å². The van der Waals surface area contributed by atoms with E-state index in [1.165, 1.54) is 0 Å². The Morgan fingerprint density at radius 1 is 1.50 bits per heavy atom. The zero-order chi connectivity index (χ0) is 11.0. The Morgan fingerprint density at radius 3 is 2.43 bits per heavy atom. The van der Waals surface area contributed by atoms with Crippen LogP contribution in [-0.2, 0) is 14.3 Å². The van der Waals surface area contributed by atoms with E-state index in [-0.39, 0.29) is 11.9 Å². The van der Waals surface area contributed by atoms with E-state index in [1.54, 1.807) is 6.92 Å². The van der Waals surface area contributed by atoms with E-state index < -0.39 is 11.1 Å². The fourth-order valence-corrected chi connectivity index (χ4v) is 1.34. The first-order valence-corrected chi connectivity index (χ1v) is 4.77. The fourth-order valence-electron chi connectivity index (χ4n) is 1.34. The summed E-state index contributed by atoms with van der Waals surface area (Å²) >= 11 is 0. The summed E-state index contributed by atoms with van der Waals surface area (Å²) in [5, 5.41) is 2.64. The molecule has 1 aliphatic heterocycles.